The Morgan fingerprint density at radius 1 is 1.53 bits per heavy atom. The zero-order valence-corrected chi connectivity index (χ0v) is 8.97. The lowest BCUT2D eigenvalue weighted by molar-refractivity contribution is -0.116. The smallest absolute Gasteiger partial charge is 0.236 e. The van der Waals surface area contributed by atoms with Crippen LogP contribution in [0.4, 0.5) is 5.95 Å². The number of carbonyl (C=O) groups excluding carboxylic acids is 1. The van der Waals surface area contributed by atoms with Gasteiger partial charge in [-0.05, 0) is 13.0 Å². The molecule has 0 atom stereocenters. The summed E-state index contributed by atoms with van der Waals surface area (Å²) in [6, 6.07) is 1.66. The van der Waals surface area contributed by atoms with E-state index >= 15 is 0 Å². The maximum absolute atomic E-state index is 10.5. The van der Waals surface area contributed by atoms with Crippen molar-refractivity contribution < 1.29 is 4.79 Å². The molecular formula is C8H11N5OS. The van der Waals surface area contributed by atoms with Crippen LogP contribution in [0, 0.1) is 6.92 Å². The van der Waals surface area contributed by atoms with Crippen LogP contribution in [0.5, 0.6) is 0 Å². The van der Waals surface area contributed by atoms with Gasteiger partial charge in [0, 0.05) is 5.69 Å². The molecule has 0 spiro atoms. The molecule has 5 N–H and O–H groups in total. The number of nitrogens with two attached hydrogens (primary N) is 2. The van der Waals surface area contributed by atoms with E-state index in [2.05, 4.69) is 15.3 Å². The van der Waals surface area contributed by atoms with Gasteiger partial charge < -0.3 is 16.8 Å². The third-order valence-corrected chi connectivity index (χ3v) is 1.74. The Labute approximate surface area is 92.1 Å². The molecule has 0 aromatic carbocycles. The van der Waals surface area contributed by atoms with E-state index < -0.39 is 5.91 Å². The van der Waals surface area contributed by atoms with Gasteiger partial charge in [-0.1, -0.05) is 12.2 Å². The highest BCUT2D eigenvalue weighted by molar-refractivity contribution is 7.80. The molecule has 7 heteroatoms. The number of thiocarbonyl (C=S) groups is 1. The average molecular weight is 225 g/mol. The first kappa shape index (κ1) is 11.3. The van der Waals surface area contributed by atoms with Crippen molar-refractivity contribution in [2.45, 2.75) is 6.92 Å². The lowest BCUT2D eigenvalue weighted by atomic mass is 10.3. The molecule has 0 bridgehead atoms. The summed E-state index contributed by atoms with van der Waals surface area (Å²) in [4.78, 5) is 18.8. The Bertz CT molecular complexity index is 406. The summed E-state index contributed by atoms with van der Waals surface area (Å²) < 4.78 is 0. The lowest BCUT2D eigenvalue weighted by Crippen LogP contribution is -2.23. The Balaban J connectivity index is 2.88. The van der Waals surface area contributed by atoms with Gasteiger partial charge in [0.15, 0.2) is 0 Å². The zero-order valence-electron chi connectivity index (χ0n) is 8.15. The Kier molecular flexibility index (Phi) is 3.51. The molecule has 1 rings (SSSR count). The van der Waals surface area contributed by atoms with Crippen molar-refractivity contribution in [3.05, 3.63) is 17.5 Å². The minimum Gasteiger partial charge on any atom is -0.388 e. The molecule has 0 fully saturated rings. The molecule has 0 aliphatic heterocycles. The van der Waals surface area contributed by atoms with Crippen molar-refractivity contribution in [1.29, 1.82) is 0 Å². The second-order valence-corrected chi connectivity index (χ2v) is 3.34. The van der Waals surface area contributed by atoms with Crippen LogP contribution in [0.1, 0.15) is 11.4 Å². The molecule has 1 amide bonds. The van der Waals surface area contributed by atoms with E-state index in [1.807, 2.05) is 0 Å². The van der Waals surface area contributed by atoms with Crippen molar-refractivity contribution in [3.63, 3.8) is 0 Å². The average Bonchev–Trinajstić information content (AvgIpc) is 2.13. The quantitative estimate of drug-likeness (QED) is 0.586. The van der Waals surface area contributed by atoms with E-state index in [0.717, 1.165) is 0 Å². The Hall–Kier alpha value is -1.76. The second kappa shape index (κ2) is 4.65. The summed E-state index contributed by atoms with van der Waals surface area (Å²) in [6.45, 7) is 1.75. The highest BCUT2D eigenvalue weighted by Gasteiger charge is 2.04. The molecular weight excluding hydrogens is 214 g/mol. The van der Waals surface area contributed by atoms with Gasteiger partial charge in [-0.2, -0.15) is 0 Å². The minimum atomic E-state index is -0.489. The molecule has 0 saturated heterocycles. The summed E-state index contributed by atoms with van der Waals surface area (Å²) in [5.74, 6) is -0.200. The fraction of sp³-hybridized carbons (Fsp3) is 0.250. The van der Waals surface area contributed by atoms with Crippen molar-refractivity contribution >= 4 is 29.1 Å². The van der Waals surface area contributed by atoms with Gasteiger partial charge in [-0.3, -0.25) is 4.79 Å². The van der Waals surface area contributed by atoms with Crippen LogP contribution in [0.2, 0.25) is 0 Å². The summed E-state index contributed by atoms with van der Waals surface area (Å²) >= 11 is 4.79. The maximum Gasteiger partial charge on any atom is 0.236 e. The van der Waals surface area contributed by atoms with E-state index in [-0.39, 0.29) is 17.5 Å². The summed E-state index contributed by atoms with van der Waals surface area (Å²) in [5.41, 5.74) is 11.6. The fourth-order valence-corrected chi connectivity index (χ4v) is 1.04. The van der Waals surface area contributed by atoms with Crippen molar-refractivity contribution in [3.8, 4) is 0 Å². The number of hydrogen-bond donors (Lipinski definition) is 3. The molecule has 6 nitrogen and oxygen atoms in total. The Morgan fingerprint density at radius 2 is 2.20 bits per heavy atom. The van der Waals surface area contributed by atoms with Crippen LogP contribution in [0.3, 0.4) is 0 Å². The number of anilines is 1. The van der Waals surface area contributed by atoms with Gasteiger partial charge in [0.05, 0.1) is 6.54 Å². The number of hydrogen-bond acceptors (Lipinski definition) is 5. The molecule has 80 valence electrons. The number of primary amides is 1. The monoisotopic (exact) mass is 225 g/mol. The summed E-state index contributed by atoms with van der Waals surface area (Å²) in [6.07, 6.45) is 0. The normalized spacial score (nSPS) is 9.67. The number of aromatic nitrogens is 2. The van der Waals surface area contributed by atoms with Crippen molar-refractivity contribution in [2.75, 3.05) is 11.9 Å². The molecule has 0 aliphatic rings. The lowest BCUT2D eigenvalue weighted by Gasteiger charge is -2.05. The SMILES string of the molecule is Cc1cc(C(N)=S)nc(NCC(N)=O)n1. The minimum absolute atomic E-state index is 0.0276. The molecule has 15 heavy (non-hydrogen) atoms. The van der Waals surface area contributed by atoms with Crippen LogP contribution < -0.4 is 16.8 Å². The van der Waals surface area contributed by atoms with Gasteiger partial charge in [0.1, 0.15) is 10.7 Å². The third kappa shape index (κ3) is 3.47. The van der Waals surface area contributed by atoms with Crippen molar-refractivity contribution in [2.24, 2.45) is 11.5 Å². The fourth-order valence-electron chi connectivity index (χ4n) is 0.940. The van der Waals surface area contributed by atoms with Gasteiger partial charge >= 0.3 is 0 Å². The third-order valence-electron chi connectivity index (χ3n) is 1.53. The number of nitrogens with one attached hydrogen (secondary N) is 1. The predicted molar refractivity (Wildman–Crippen MR) is 60.3 cm³/mol. The summed E-state index contributed by atoms with van der Waals surface area (Å²) in [7, 11) is 0. The van der Waals surface area contributed by atoms with Crippen LogP contribution in [0.15, 0.2) is 6.07 Å². The number of rotatable bonds is 4. The first-order valence-electron chi connectivity index (χ1n) is 4.16. The highest BCUT2D eigenvalue weighted by atomic mass is 32.1. The van der Waals surface area contributed by atoms with Gasteiger partial charge in [0.25, 0.3) is 0 Å². The van der Waals surface area contributed by atoms with Crippen LogP contribution >= 0.6 is 12.2 Å². The van der Waals surface area contributed by atoms with Crippen LogP contribution in [-0.4, -0.2) is 27.4 Å². The number of aryl methyl sites for hydroxylation is 1. The molecule has 1 aromatic heterocycles. The van der Waals surface area contributed by atoms with E-state index in [9.17, 15) is 4.79 Å². The standard InChI is InChI=1S/C8H11N5OS/c1-4-2-5(7(10)15)13-8(12-4)11-3-6(9)14/h2H,3H2,1H3,(H2,9,14)(H2,10,15)(H,11,12,13). The van der Waals surface area contributed by atoms with Crippen LogP contribution in [0.25, 0.3) is 0 Å². The van der Waals surface area contributed by atoms with Gasteiger partial charge in [-0.15, -0.1) is 0 Å². The first-order valence-corrected chi connectivity index (χ1v) is 4.57. The number of amides is 1. The van der Waals surface area contributed by atoms with Gasteiger partial charge in [-0.25, -0.2) is 9.97 Å². The zero-order chi connectivity index (χ0) is 11.4. The van der Waals surface area contributed by atoms with Crippen molar-refractivity contribution in [1.82, 2.24) is 9.97 Å². The molecule has 1 aromatic rings. The molecule has 1 heterocycles. The number of nitrogens with zero attached hydrogens (tertiary/aromatic N) is 2. The Morgan fingerprint density at radius 3 is 2.73 bits per heavy atom. The first-order chi connectivity index (χ1) is 6.99. The van der Waals surface area contributed by atoms with E-state index in [1.165, 1.54) is 0 Å². The van der Waals surface area contributed by atoms with Crippen LogP contribution in [-0.2, 0) is 4.79 Å². The predicted octanol–water partition coefficient (Wildman–Crippen LogP) is -0.684. The highest BCUT2D eigenvalue weighted by Crippen LogP contribution is 2.04. The molecule has 0 saturated carbocycles. The largest absolute Gasteiger partial charge is 0.388 e. The topological polar surface area (TPSA) is 107 Å². The van der Waals surface area contributed by atoms with Gasteiger partial charge in [0.2, 0.25) is 11.9 Å². The van der Waals surface area contributed by atoms with E-state index in [1.54, 1.807) is 13.0 Å². The summed E-state index contributed by atoms with van der Waals surface area (Å²) in [5, 5.41) is 2.67. The molecule has 0 unspecified atom stereocenters. The van der Waals surface area contributed by atoms with E-state index in [0.29, 0.717) is 11.4 Å². The molecule has 0 radical (unpaired) electrons. The second-order valence-electron chi connectivity index (χ2n) is 2.90. The number of carbonyl (C=O) groups is 1. The maximum atomic E-state index is 10.5. The van der Waals surface area contributed by atoms with E-state index in [4.69, 9.17) is 23.7 Å². The molecule has 0 aliphatic carbocycles.